The van der Waals surface area contributed by atoms with Crippen LogP contribution in [0.1, 0.15) is 42.6 Å². The molecular formula is C22H22N4O3S. The second-order valence-corrected chi connectivity index (χ2v) is 8.28. The van der Waals surface area contributed by atoms with Crippen molar-refractivity contribution in [2.45, 2.75) is 40.0 Å². The second kappa shape index (κ2) is 8.23. The van der Waals surface area contributed by atoms with E-state index in [1.165, 1.54) is 0 Å². The zero-order valence-electron chi connectivity index (χ0n) is 17.2. The zero-order valence-corrected chi connectivity index (χ0v) is 18.0. The Morgan fingerprint density at radius 3 is 2.67 bits per heavy atom. The summed E-state index contributed by atoms with van der Waals surface area (Å²) >= 11 is 1.54. The lowest BCUT2D eigenvalue weighted by molar-refractivity contribution is -0.115. The van der Waals surface area contributed by atoms with Crippen LogP contribution >= 0.6 is 11.3 Å². The second-order valence-electron chi connectivity index (χ2n) is 7.33. The largest absolute Gasteiger partial charge is 0.440 e. The highest BCUT2D eigenvalue weighted by atomic mass is 32.1. The van der Waals surface area contributed by atoms with Crippen LogP contribution in [0, 0.1) is 13.8 Å². The molecule has 7 nitrogen and oxygen atoms in total. The third-order valence-electron chi connectivity index (χ3n) is 4.68. The quantitative estimate of drug-likeness (QED) is 0.449. The molecule has 1 N–H and O–H groups in total. The molecule has 1 aromatic carbocycles. The van der Waals surface area contributed by atoms with Gasteiger partial charge in [-0.25, -0.2) is 4.98 Å². The summed E-state index contributed by atoms with van der Waals surface area (Å²) in [7, 11) is 0. The average Bonchev–Trinajstić information content (AvgIpc) is 3.45. The molecule has 0 radical (unpaired) electrons. The number of oxazole rings is 1. The third-order valence-corrected chi connectivity index (χ3v) is 5.54. The van der Waals surface area contributed by atoms with Crippen molar-refractivity contribution in [2.75, 3.05) is 5.32 Å². The van der Waals surface area contributed by atoms with Crippen LogP contribution in [-0.2, 0) is 11.2 Å². The maximum absolute atomic E-state index is 12.8. The number of aromatic nitrogens is 3. The monoisotopic (exact) mass is 422 g/mol. The highest BCUT2D eigenvalue weighted by Crippen LogP contribution is 2.31. The van der Waals surface area contributed by atoms with Crippen LogP contribution < -0.4 is 5.32 Å². The Morgan fingerprint density at radius 1 is 1.13 bits per heavy atom. The van der Waals surface area contributed by atoms with Crippen molar-refractivity contribution < 1.29 is 13.7 Å². The van der Waals surface area contributed by atoms with Gasteiger partial charge in [0.15, 0.2) is 5.82 Å². The van der Waals surface area contributed by atoms with E-state index in [9.17, 15) is 4.79 Å². The normalized spacial score (nSPS) is 11.2. The summed E-state index contributed by atoms with van der Waals surface area (Å²) in [6.07, 6.45) is 0.107. The van der Waals surface area contributed by atoms with Gasteiger partial charge in [-0.2, -0.15) is 4.98 Å². The molecule has 0 aliphatic heterocycles. The Hall–Kier alpha value is -3.26. The Balaban J connectivity index is 1.57. The minimum absolute atomic E-state index is 0.107. The highest BCUT2D eigenvalue weighted by Gasteiger charge is 2.20. The average molecular weight is 423 g/mol. The van der Waals surface area contributed by atoms with Gasteiger partial charge in [0.05, 0.1) is 28.2 Å². The number of hydrogen-bond acceptors (Lipinski definition) is 7. The van der Waals surface area contributed by atoms with Crippen LogP contribution in [0.5, 0.6) is 0 Å². The van der Waals surface area contributed by atoms with Gasteiger partial charge in [-0.3, -0.25) is 4.79 Å². The van der Waals surface area contributed by atoms with E-state index in [1.807, 2.05) is 63.4 Å². The smallest absolute Gasteiger partial charge is 0.260 e. The Morgan fingerprint density at radius 2 is 1.97 bits per heavy atom. The highest BCUT2D eigenvalue weighted by molar-refractivity contribution is 7.13. The summed E-state index contributed by atoms with van der Waals surface area (Å²) in [4.78, 5) is 22.7. The van der Waals surface area contributed by atoms with Crippen molar-refractivity contribution in [2.24, 2.45) is 0 Å². The number of aryl methyl sites for hydroxylation is 2. The third kappa shape index (κ3) is 4.04. The number of thiophene rings is 1. The number of carbonyl (C=O) groups is 1. The van der Waals surface area contributed by atoms with Crippen molar-refractivity contribution >= 4 is 22.9 Å². The number of para-hydroxylation sites is 1. The molecule has 4 rings (SSSR count). The van der Waals surface area contributed by atoms with E-state index in [-0.39, 0.29) is 18.2 Å². The van der Waals surface area contributed by atoms with E-state index in [0.29, 0.717) is 40.3 Å². The van der Waals surface area contributed by atoms with E-state index in [1.54, 1.807) is 11.3 Å². The molecule has 0 fully saturated rings. The maximum Gasteiger partial charge on any atom is 0.260 e. The number of hydrogen-bond donors (Lipinski definition) is 1. The topological polar surface area (TPSA) is 94.1 Å². The van der Waals surface area contributed by atoms with Crippen LogP contribution in [0.2, 0.25) is 0 Å². The van der Waals surface area contributed by atoms with E-state index in [0.717, 1.165) is 10.4 Å². The lowest BCUT2D eigenvalue weighted by atomic mass is 10.1. The first kappa shape index (κ1) is 20.0. The first-order valence-corrected chi connectivity index (χ1v) is 10.5. The first-order valence-electron chi connectivity index (χ1n) is 9.66. The van der Waals surface area contributed by atoms with E-state index in [2.05, 4.69) is 20.4 Å². The number of carbonyl (C=O) groups excluding carboxylic acids is 1. The molecule has 30 heavy (non-hydrogen) atoms. The number of amides is 1. The fourth-order valence-electron chi connectivity index (χ4n) is 3.02. The summed E-state index contributed by atoms with van der Waals surface area (Å²) in [6, 6.07) is 9.56. The fraction of sp³-hybridized carbons (Fsp3) is 0.273. The lowest BCUT2D eigenvalue weighted by Gasteiger charge is -2.11. The number of rotatable bonds is 6. The first-order chi connectivity index (χ1) is 14.4. The van der Waals surface area contributed by atoms with Crippen molar-refractivity contribution in [1.82, 2.24) is 15.1 Å². The predicted octanol–water partition coefficient (Wildman–Crippen LogP) is 5.37. The van der Waals surface area contributed by atoms with Gasteiger partial charge in [0.2, 0.25) is 11.8 Å². The molecule has 0 bridgehead atoms. The summed E-state index contributed by atoms with van der Waals surface area (Å²) in [6.45, 7) is 7.74. The predicted molar refractivity (Wildman–Crippen MR) is 115 cm³/mol. The lowest BCUT2D eigenvalue weighted by Crippen LogP contribution is -2.16. The van der Waals surface area contributed by atoms with Gasteiger partial charge >= 0.3 is 0 Å². The molecule has 0 atom stereocenters. The number of anilines is 1. The molecule has 4 aromatic rings. The van der Waals surface area contributed by atoms with Gasteiger partial charge in [-0.05, 0) is 36.9 Å². The number of benzene rings is 1. The molecule has 0 aliphatic carbocycles. The van der Waals surface area contributed by atoms with Crippen LogP contribution in [-0.4, -0.2) is 21.0 Å². The SMILES string of the molecule is Cc1cccc(-c2nc(C(C)C)no2)c1NC(=O)Cc1nc(-c2cccs2)oc1C. The molecule has 1 amide bonds. The van der Waals surface area contributed by atoms with E-state index in [4.69, 9.17) is 8.94 Å². The van der Waals surface area contributed by atoms with Gasteiger partial charge in [0.1, 0.15) is 5.76 Å². The van der Waals surface area contributed by atoms with Crippen LogP contribution in [0.3, 0.4) is 0 Å². The van der Waals surface area contributed by atoms with Crippen LogP contribution in [0.25, 0.3) is 22.2 Å². The van der Waals surface area contributed by atoms with E-state index < -0.39 is 0 Å². The molecule has 3 aromatic heterocycles. The van der Waals surface area contributed by atoms with Crippen molar-refractivity contribution in [3.63, 3.8) is 0 Å². The minimum atomic E-state index is -0.191. The molecule has 8 heteroatoms. The van der Waals surface area contributed by atoms with Gasteiger partial charge < -0.3 is 14.3 Å². The summed E-state index contributed by atoms with van der Waals surface area (Å²) in [5.41, 5.74) is 2.87. The maximum atomic E-state index is 12.8. The Kier molecular flexibility index (Phi) is 5.50. The Bertz CT molecular complexity index is 1180. The molecule has 3 heterocycles. The zero-order chi connectivity index (χ0) is 21.3. The molecule has 0 saturated carbocycles. The van der Waals surface area contributed by atoms with Gasteiger partial charge in [0.25, 0.3) is 5.89 Å². The molecular weight excluding hydrogens is 400 g/mol. The minimum Gasteiger partial charge on any atom is -0.440 e. The molecule has 154 valence electrons. The number of nitrogens with zero attached hydrogens (tertiary/aromatic N) is 3. The molecule has 0 aliphatic rings. The summed E-state index contributed by atoms with van der Waals surface area (Å²) < 4.78 is 11.2. The molecule has 0 saturated heterocycles. The van der Waals surface area contributed by atoms with E-state index >= 15 is 0 Å². The van der Waals surface area contributed by atoms with Crippen molar-refractivity contribution in [3.8, 4) is 22.2 Å². The van der Waals surface area contributed by atoms with Crippen molar-refractivity contribution in [3.05, 3.63) is 58.6 Å². The standard InChI is InChI=1S/C22H22N4O3S/c1-12(2)20-25-21(29-26-20)15-8-5-7-13(3)19(15)24-18(27)11-16-14(4)28-22(23-16)17-9-6-10-30-17/h5-10,12H,11H2,1-4H3,(H,24,27). The van der Waals surface area contributed by atoms with Crippen molar-refractivity contribution in [1.29, 1.82) is 0 Å². The van der Waals surface area contributed by atoms with Crippen LogP contribution in [0.4, 0.5) is 5.69 Å². The van der Waals surface area contributed by atoms with Crippen LogP contribution in [0.15, 0.2) is 44.7 Å². The molecule has 0 unspecified atom stereocenters. The van der Waals surface area contributed by atoms with Gasteiger partial charge in [-0.15, -0.1) is 11.3 Å². The van der Waals surface area contributed by atoms with Gasteiger partial charge in [-0.1, -0.05) is 37.2 Å². The summed E-state index contributed by atoms with van der Waals surface area (Å²) in [5.74, 6) is 2.14. The Labute approximate surface area is 178 Å². The summed E-state index contributed by atoms with van der Waals surface area (Å²) in [5, 5.41) is 8.98. The fourth-order valence-corrected chi connectivity index (χ4v) is 3.67. The van der Waals surface area contributed by atoms with Gasteiger partial charge in [0, 0.05) is 5.92 Å². The molecule has 0 spiro atoms. The number of nitrogens with one attached hydrogen (secondary N) is 1.